The van der Waals surface area contributed by atoms with Crippen molar-refractivity contribution in [1.82, 2.24) is 14.9 Å². The Hall–Kier alpha value is -1.86. The fourth-order valence-corrected chi connectivity index (χ4v) is 5.83. The summed E-state index contributed by atoms with van der Waals surface area (Å²) in [4.78, 5) is 0.209. The second-order valence-electron chi connectivity index (χ2n) is 6.16. The molecule has 3 aromatic rings. The van der Waals surface area contributed by atoms with Crippen LogP contribution in [0.3, 0.4) is 0 Å². The Balaban J connectivity index is 1.73. The van der Waals surface area contributed by atoms with Crippen molar-refractivity contribution in [3.8, 4) is 0 Å². The van der Waals surface area contributed by atoms with Crippen molar-refractivity contribution in [3.05, 3.63) is 63.6 Å². The zero-order chi connectivity index (χ0) is 21.2. The number of anilines is 1. The first-order chi connectivity index (χ1) is 13.6. The van der Waals surface area contributed by atoms with Gasteiger partial charge in [0.25, 0.3) is 10.0 Å². The molecular formula is C17H17BrN4O4S3. The van der Waals surface area contributed by atoms with E-state index in [1.54, 1.807) is 31.2 Å². The van der Waals surface area contributed by atoms with E-state index < -0.39 is 26.1 Å². The van der Waals surface area contributed by atoms with Gasteiger partial charge >= 0.3 is 0 Å². The van der Waals surface area contributed by atoms with E-state index in [0.717, 1.165) is 21.4 Å². The number of aryl methyl sites for hydroxylation is 1. The lowest BCUT2D eigenvalue weighted by molar-refractivity contribution is 0.565. The van der Waals surface area contributed by atoms with Gasteiger partial charge in [0, 0.05) is 4.47 Å². The summed E-state index contributed by atoms with van der Waals surface area (Å²) in [6, 6.07) is 11.9. The summed E-state index contributed by atoms with van der Waals surface area (Å²) < 4.78 is 55.5. The topological polar surface area (TPSA) is 118 Å². The summed E-state index contributed by atoms with van der Waals surface area (Å²) in [6.45, 7) is 3.48. The minimum Gasteiger partial charge on any atom is -0.253 e. The molecule has 0 aliphatic rings. The van der Waals surface area contributed by atoms with Gasteiger partial charge in [0.1, 0.15) is 5.01 Å². The summed E-state index contributed by atoms with van der Waals surface area (Å²) in [5, 5.41) is 8.09. The van der Waals surface area contributed by atoms with Crippen LogP contribution in [-0.4, -0.2) is 27.0 Å². The van der Waals surface area contributed by atoms with Crippen LogP contribution < -0.4 is 9.44 Å². The lowest BCUT2D eigenvalue weighted by Gasteiger charge is -2.11. The van der Waals surface area contributed by atoms with Gasteiger partial charge in [0.2, 0.25) is 15.2 Å². The van der Waals surface area contributed by atoms with Crippen LogP contribution in [-0.2, 0) is 20.0 Å². The first-order valence-electron chi connectivity index (χ1n) is 8.28. The molecule has 8 nitrogen and oxygen atoms in total. The normalized spacial score (nSPS) is 13.2. The van der Waals surface area contributed by atoms with Crippen molar-refractivity contribution < 1.29 is 16.8 Å². The summed E-state index contributed by atoms with van der Waals surface area (Å²) in [7, 11) is -7.58. The number of halogens is 1. The Labute approximate surface area is 181 Å². The zero-order valence-electron chi connectivity index (χ0n) is 15.3. The second-order valence-corrected chi connectivity index (χ2v) is 11.5. The van der Waals surface area contributed by atoms with E-state index in [2.05, 4.69) is 35.6 Å². The molecule has 1 unspecified atom stereocenters. The van der Waals surface area contributed by atoms with Gasteiger partial charge in [0.05, 0.1) is 15.8 Å². The van der Waals surface area contributed by atoms with Crippen LogP contribution in [0.5, 0.6) is 0 Å². The molecule has 29 heavy (non-hydrogen) atoms. The number of sulfonamides is 2. The van der Waals surface area contributed by atoms with Crippen LogP contribution in [0.1, 0.15) is 23.5 Å². The number of aromatic nitrogens is 2. The van der Waals surface area contributed by atoms with E-state index in [0.29, 0.717) is 5.01 Å². The Bertz CT molecular complexity index is 1210. The van der Waals surface area contributed by atoms with E-state index in [4.69, 9.17) is 0 Å². The molecule has 0 aliphatic heterocycles. The van der Waals surface area contributed by atoms with E-state index in [9.17, 15) is 16.8 Å². The summed E-state index contributed by atoms with van der Waals surface area (Å²) >= 11 is 4.21. The molecule has 1 heterocycles. The average molecular weight is 517 g/mol. The van der Waals surface area contributed by atoms with Crippen molar-refractivity contribution in [3.63, 3.8) is 0 Å². The van der Waals surface area contributed by atoms with Crippen LogP contribution in [0.15, 0.2) is 62.8 Å². The average Bonchev–Trinajstić information content (AvgIpc) is 3.10. The zero-order valence-corrected chi connectivity index (χ0v) is 19.4. The van der Waals surface area contributed by atoms with Gasteiger partial charge in [-0.3, -0.25) is 4.72 Å². The molecule has 2 N–H and O–H groups in total. The highest BCUT2D eigenvalue weighted by atomic mass is 79.9. The highest BCUT2D eigenvalue weighted by Gasteiger charge is 2.22. The van der Waals surface area contributed by atoms with Gasteiger partial charge < -0.3 is 0 Å². The van der Waals surface area contributed by atoms with Gasteiger partial charge in [-0.05, 0) is 50.2 Å². The van der Waals surface area contributed by atoms with Crippen molar-refractivity contribution in [2.75, 3.05) is 4.72 Å². The van der Waals surface area contributed by atoms with Gasteiger partial charge in [0.15, 0.2) is 0 Å². The maximum absolute atomic E-state index is 12.5. The van der Waals surface area contributed by atoms with E-state index in [1.807, 2.05) is 6.92 Å². The molecule has 2 aromatic carbocycles. The minimum absolute atomic E-state index is 0.0457. The SMILES string of the molecule is Cc1ccc(S(=O)(=O)NC(C)c2nnc(NS(=O)(=O)c3ccc(Br)cc3)s2)cc1. The molecule has 1 aromatic heterocycles. The molecule has 0 bridgehead atoms. The Morgan fingerprint density at radius 1 is 0.897 bits per heavy atom. The van der Waals surface area contributed by atoms with Crippen molar-refractivity contribution in [1.29, 1.82) is 0 Å². The lowest BCUT2D eigenvalue weighted by atomic mass is 10.2. The first kappa shape index (κ1) is 21.8. The van der Waals surface area contributed by atoms with Crippen molar-refractivity contribution in [2.24, 2.45) is 0 Å². The summed E-state index contributed by atoms with van der Waals surface area (Å²) in [5.74, 6) is 0. The van der Waals surface area contributed by atoms with E-state index in [-0.39, 0.29) is 14.9 Å². The molecule has 1 atom stereocenters. The summed E-state index contributed by atoms with van der Waals surface area (Å²) in [5.41, 5.74) is 0.948. The number of rotatable bonds is 7. The van der Waals surface area contributed by atoms with E-state index >= 15 is 0 Å². The van der Waals surface area contributed by atoms with Gasteiger partial charge in [-0.15, -0.1) is 10.2 Å². The van der Waals surface area contributed by atoms with Gasteiger partial charge in [-0.2, -0.15) is 0 Å². The van der Waals surface area contributed by atoms with Crippen LogP contribution in [0.2, 0.25) is 0 Å². The van der Waals surface area contributed by atoms with Crippen LogP contribution >= 0.6 is 27.3 Å². The molecule has 0 amide bonds. The monoisotopic (exact) mass is 516 g/mol. The van der Waals surface area contributed by atoms with Crippen molar-refractivity contribution >= 4 is 52.4 Å². The first-order valence-corrected chi connectivity index (χ1v) is 12.9. The van der Waals surface area contributed by atoms with Crippen LogP contribution in [0.25, 0.3) is 0 Å². The maximum Gasteiger partial charge on any atom is 0.263 e. The van der Waals surface area contributed by atoms with Gasteiger partial charge in [-0.25, -0.2) is 21.6 Å². The van der Waals surface area contributed by atoms with Crippen LogP contribution in [0.4, 0.5) is 5.13 Å². The third kappa shape index (κ3) is 5.39. The van der Waals surface area contributed by atoms with Gasteiger partial charge in [-0.1, -0.05) is 45.0 Å². The predicted octanol–water partition coefficient (Wildman–Crippen LogP) is 3.45. The largest absolute Gasteiger partial charge is 0.263 e. The molecule has 0 saturated heterocycles. The fourth-order valence-electron chi connectivity index (χ4n) is 2.31. The standard InChI is InChI=1S/C17H17BrN4O4S3/c1-11-3-7-14(8-4-11)28(23,24)21-12(2)16-19-20-17(27-16)22-29(25,26)15-9-5-13(18)6-10-15/h3-10,12,21H,1-2H3,(H,20,22). The highest BCUT2D eigenvalue weighted by molar-refractivity contribution is 9.10. The molecular weight excluding hydrogens is 500 g/mol. The Morgan fingerprint density at radius 2 is 1.45 bits per heavy atom. The molecule has 154 valence electrons. The smallest absolute Gasteiger partial charge is 0.253 e. The van der Waals surface area contributed by atoms with Crippen LogP contribution in [0, 0.1) is 6.92 Å². The quantitative estimate of drug-likeness (QED) is 0.496. The number of hydrogen-bond donors (Lipinski definition) is 2. The molecule has 3 rings (SSSR count). The molecule has 0 aliphatic carbocycles. The number of nitrogens with zero attached hydrogens (tertiary/aromatic N) is 2. The third-order valence-electron chi connectivity index (χ3n) is 3.82. The number of hydrogen-bond acceptors (Lipinski definition) is 7. The molecule has 0 radical (unpaired) electrons. The minimum atomic E-state index is -3.83. The highest BCUT2D eigenvalue weighted by Crippen LogP contribution is 2.25. The lowest BCUT2D eigenvalue weighted by Crippen LogP contribution is -2.26. The summed E-state index contributed by atoms with van der Waals surface area (Å²) in [6.07, 6.45) is 0. The maximum atomic E-state index is 12.5. The molecule has 0 spiro atoms. The molecule has 0 saturated carbocycles. The fraction of sp³-hybridized carbons (Fsp3) is 0.176. The third-order valence-corrected chi connectivity index (χ3v) is 8.41. The second kappa shape index (κ2) is 8.48. The number of nitrogens with one attached hydrogen (secondary N) is 2. The van der Waals surface area contributed by atoms with Crippen molar-refractivity contribution in [2.45, 2.75) is 29.7 Å². The molecule has 0 fully saturated rings. The predicted molar refractivity (Wildman–Crippen MR) is 115 cm³/mol. The Kier molecular flexibility index (Phi) is 6.39. The molecule has 12 heteroatoms. The number of benzene rings is 2. The van der Waals surface area contributed by atoms with E-state index in [1.165, 1.54) is 24.3 Å². The Morgan fingerprint density at radius 3 is 2.07 bits per heavy atom.